The van der Waals surface area contributed by atoms with Gasteiger partial charge in [-0.05, 0) is 50.0 Å². The summed E-state index contributed by atoms with van der Waals surface area (Å²) in [6.45, 7) is 2.30. The number of thiophene rings is 1. The molecule has 0 radical (unpaired) electrons. The highest BCUT2D eigenvalue weighted by atomic mass is 32.1. The third-order valence-corrected chi connectivity index (χ3v) is 7.29. The van der Waals surface area contributed by atoms with Crippen LogP contribution in [-0.4, -0.2) is 50.6 Å². The highest BCUT2D eigenvalue weighted by molar-refractivity contribution is 7.21. The van der Waals surface area contributed by atoms with Gasteiger partial charge in [0.1, 0.15) is 11.9 Å². The van der Waals surface area contributed by atoms with Gasteiger partial charge in [0.2, 0.25) is 0 Å². The summed E-state index contributed by atoms with van der Waals surface area (Å²) in [4.78, 5) is 32.0. The Morgan fingerprint density at radius 3 is 2.95 bits per heavy atom. The van der Waals surface area contributed by atoms with Gasteiger partial charge in [-0.3, -0.25) is 14.3 Å². The molecule has 37 heavy (non-hydrogen) atoms. The standard InChI is InChI=1S/C27H21FN4O4S/c1-3-10-30-27(35)32-16(2)14-18-20(32)6-7-21(24(18)28)36-22-8-11-29-19-15-23(37-25(19)22)26(34)31-12-4-5-17(31)9-13-33/h1,6-8,11,14-15,17,33H,4-5,10,12H2,2H3,(H,30,35). The van der Waals surface area contributed by atoms with Crippen molar-refractivity contribution in [2.45, 2.75) is 25.8 Å². The smallest absolute Gasteiger partial charge is 0.327 e. The maximum absolute atomic E-state index is 15.5. The number of rotatable bonds is 4. The second kappa shape index (κ2) is 9.84. The van der Waals surface area contributed by atoms with Crippen molar-refractivity contribution in [2.75, 3.05) is 13.1 Å². The quantitative estimate of drug-likeness (QED) is 0.386. The van der Waals surface area contributed by atoms with Gasteiger partial charge in [0.05, 0.1) is 33.2 Å². The lowest BCUT2D eigenvalue weighted by molar-refractivity contribution is 0.0770. The van der Waals surface area contributed by atoms with Crippen molar-refractivity contribution in [3.8, 4) is 35.9 Å². The van der Waals surface area contributed by atoms with Crippen LogP contribution in [0.4, 0.5) is 9.18 Å². The van der Waals surface area contributed by atoms with Crippen LogP contribution in [0, 0.1) is 37.1 Å². The fourth-order valence-corrected chi connectivity index (χ4v) is 5.53. The van der Waals surface area contributed by atoms with Crippen molar-refractivity contribution < 1.29 is 23.8 Å². The summed E-state index contributed by atoms with van der Waals surface area (Å²) in [5.41, 5.74) is 1.47. The Kier molecular flexibility index (Phi) is 6.43. The Labute approximate surface area is 215 Å². The van der Waals surface area contributed by atoms with E-state index >= 15 is 4.39 Å². The van der Waals surface area contributed by atoms with Crippen LogP contribution in [0.25, 0.3) is 21.1 Å². The van der Waals surface area contributed by atoms with Gasteiger partial charge in [-0.2, -0.15) is 0 Å². The van der Waals surface area contributed by atoms with Crippen LogP contribution in [-0.2, 0) is 0 Å². The third kappa shape index (κ3) is 4.32. The Morgan fingerprint density at radius 1 is 1.32 bits per heavy atom. The van der Waals surface area contributed by atoms with E-state index in [1.165, 1.54) is 28.2 Å². The molecule has 0 aliphatic carbocycles. The topological polar surface area (TPSA) is 96.7 Å². The number of likely N-dealkylation sites (tertiary alicyclic amines) is 1. The molecule has 10 heteroatoms. The lowest BCUT2D eigenvalue weighted by Gasteiger charge is -2.19. The largest absolute Gasteiger partial charge is 0.462 e. The first-order valence-corrected chi connectivity index (χ1v) is 12.3. The molecular weight excluding hydrogens is 495 g/mol. The van der Waals surface area contributed by atoms with E-state index in [2.05, 4.69) is 22.1 Å². The maximum atomic E-state index is 15.5. The first kappa shape index (κ1) is 24.2. The number of amides is 2. The highest BCUT2D eigenvalue weighted by Crippen LogP contribution is 2.38. The molecule has 1 atom stereocenters. The van der Waals surface area contributed by atoms with Gasteiger partial charge in [0, 0.05) is 29.9 Å². The molecule has 2 N–H and O–H groups in total. The first-order valence-electron chi connectivity index (χ1n) is 11.5. The summed E-state index contributed by atoms with van der Waals surface area (Å²) in [7, 11) is 0. The van der Waals surface area contributed by atoms with E-state index in [0.717, 1.165) is 6.42 Å². The van der Waals surface area contributed by atoms with Crippen LogP contribution in [0.1, 0.15) is 28.2 Å². The molecule has 1 unspecified atom stereocenters. The number of carbonyl (C=O) groups is 2. The monoisotopic (exact) mass is 516 g/mol. The number of aliphatic hydroxyl groups excluding tert-OH is 1. The van der Waals surface area contributed by atoms with Crippen molar-refractivity contribution in [1.82, 2.24) is 19.8 Å². The molecule has 0 saturated carbocycles. The predicted molar refractivity (Wildman–Crippen MR) is 138 cm³/mol. The second-order valence-corrected chi connectivity index (χ2v) is 9.50. The van der Waals surface area contributed by atoms with E-state index in [1.54, 1.807) is 36.1 Å². The number of aryl methyl sites for hydroxylation is 1. The fourth-order valence-electron chi connectivity index (χ4n) is 4.51. The molecule has 1 aliphatic rings. The number of aromatic nitrogens is 2. The van der Waals surface area contributed by atoms with E-state index in [9.17, 15) is 9.59 Å². The molecule has 4 heterocycles. The maximum Gasteiger partial charge on any atom is 0.327 e. The first-order chi connectivity index (χ1) is 17.9. The van der Waals surface area contributed by atoms with Gasteiger partial charge in [-0.25, -0.2) is 9.18 Å². The minimum absolute atomic E-state index is 0.0275. The van der Waals surface area contributed by atoms with Gasteiger partial charge >= 0.3 is 6.03 Å². The number of nitrogens with one attached hydrogen (secondary N) is 1. The number of ether oxygens (including phenoxy) is 1. The van der Waals surface area contributed by atoms with Crippen LogP contribution in [0.5, 0.6) is 11.5 Å². The zero-order valence-corrected chi connectivity index (χ0v) is 20.6. The number of benzene rings is 1. The van der Waals surface area contributed by atoms with E-state index in [0.29, 0.717) is 45.0 Å². The average molecular weight is 517 g/mol. The summed E-state index contributed by atoms with van der Waals surface area (Å²) in [5, 5.41) is 11.8. The number of aliphatic hydroxyl groups is 1. The summed E-state index contributed by atoms with van der Waals surface area (Å²) in [6, 6.07) is 7.13. The van der Waals surface area contributed by atoms with Gasteiger partial charge in [0.15, 0.2) is 11.6 Å². The molecule has 0 bridgehead atoms. The molecule has 2 amide bonds. The molecule has 1 saturated heterocycles. The number of nitrogens with zero attached hydrogens (tertiary/aromatic N) is 3. The molecule has 8 nitrogen and oxygen atoms in total. The van der Waals surface area contributed by atoms with Crippen molar-refractivity contribution in [1.29, 1.82) is 0 Å². The minimum Gasteiger partial charge on any atom is -0.462 e. The number of terminal acetylenes is 1. The summed E-state index contributed by atoms with van der Waals surface area (Å²) >= 11 is 1.20. The Morgan fingerprint density at radius 2 is 2.16 bits per heavy atom. The van der Waals surface area contributed by atoms with Crippen LogP contribution in [0.15, 0.2) is 36.5 Å². The Balaban J connectivity index is 1.47. The molecular formula is C27H21FN4O4S. The van der Waals surface area contributed by atoms with Gasteiger partial charge < -0.3 is 20.1 Å². The zero-order chi connectivity index (χ0) is 26.1. The van der Waals surface area contributed by atoms with E-state index < -0.39 is 11.8 Å². The average Bonchev–Trinajstić information content (AvgIpc) is 3.61. The molecule has 1 aromatic carbocycles. The van der Waals surface area contributed by atoms with Crippen LogP contribution in [0.2, 0.25) is 0 Å². The number of fused-ring (bicyclic) bond motifs is 2. The number of hydrogen-bond donors (Lipinski definition) is 2. The minimum atomic E-state index is -0.621. The van der Waals surface area contributed by atoms with Crippen molar-refractivity contribution in [3.05, 3.63) is 52.9 Å². The Hall–Kier alpha value is -4.54. The summed E-state index contributed by atoms with van der Waals surface area (Å²) in [6.07, 6.45) is 10.2. The van der Waals surface area contributed by atoms with Crippen LogP contribution < -0.4 is 10.1 Å². The number of halogens is 1. The molecule has 1 fully saturated rings. The fraction of sp³-hybridized carbons (Fsp3) is 0.222. The SMILES string of the molecule is C#CCNC(=O)n1c(C)cc2c(F)c(Oc3ccnc4cc(C(=O)N5CCCC5C#CO)sc34)ccc21. The lowest BCUT2D eigenvalue weighted by Crippen LogP contribution is -2.34. The summed E-state index contributed by atoms with van der Waals surface area (Å²) < 4.78 is 23.4. The lowest BCUT2D eigenvalue weighted by atomic mass is 10.2. The molecule has 1 aliphatic heterocycles. The highest BCUT2D eigenvalue weighted by Gasteiger charge is 2.30. The van der Waals surface area contributed by atoms with Gasteiger partial charge in [-0.1, -0.05) is 5.92 Å². The summed E-state index contributed by atoms with van der Waals surface area (Å²) in [5.74, 6) is 4.50. The Bertz CT molecular complexity index is 1660. The number of pyridine rings is 1. The number of carbonyl (C=O) groups excluding carboxylic acids is 2. The van der Waals surface area contributed by atoms with E-state index in [4.69, 9.17) is 16.3 Å². The molecule has 186 valence electrons. The molecule has 3 aromatic heterocycles. The van der Waals surface area contributed by atoms with Crippen LogP contribution in [0.3, 0.4) is 0 Å². The molecule has 0 spiro atoms. The van der Waals surface area contributed by atoms with Crippen molar-refractivity contribution in [2.24, 2.45) is 0 Å². The van der Waals surface area contributed by atoms with Gasteiger partial charge in [0.25, 0.3) is 5.91 Å². The second-order valence-electron chi connectivity index (χ2n) is 8.44. The molecule has 4 aromatic rings. The van der Waals surface area contributed by atoms with Crippen molar-refractivity contribution in [3.63, 3.8) is 0 Å². The van der Waals surface area contributed by atoms with Gasteiger partial charge in [-0.15, -0.1) is 17.8 Å². The van der Waals surface area contributed by atoms with Crippen LogP contribution >= 0.6 is 11.3 Å². The molecule has 5 rings (SSSR count). The van der Waals surface area contributed by atoms with E-state index in [1.807, 2.05) is 6.11 Å². The predicted octanol–water partition coefficient (Wildman–Crippen LogP) is 4.62. The number of hydrogen-bond acceptors (Lipinski definition) is 6. The third-order valence-electron chi connectivity index (χ3n) is 6.16. The van der Waals surface area contributed by atoms with Crippen molar-refractivity contribution >= 4 is 44.4 Å². The normalized spacial score (nSPS) is 14.8. The van der Waals surface area contributed by atoms with E-state index in [-0.39, 0.29) is 29.6 Å². The zero-order valence-electron chi connectivity index (χ0n) is 19.7.